The first-order valence-electron chi connectivity index (χ1n) is 12.0. The maximum Gasteiger partial charge on any atom is 0.328 e. The van der Waals surface area contributed by atoms with Crippen LogP contribution in [0.5, 0.6) is 5.75 Å². The lowest BCUT2D eigenvalue weighted by atomic mass is 9.95. The second-order valence-corrected chi connectivity index (χ2v) is 9.49. The third-order valence-corrected chi connectivity index (χ3v) is 7.35. The van der Waals surface area contributed by atoms with E-state index in [4.69, 9.17) is 15.6 Å². The summed E-state index contributed by atoms with van der Waals surface area (Å²) < 4.78 is 6.16. The average Bonchev–Trinajstić information content (AvgIpc) is 3.57. The first kappa shape index (κ1) is 22.2. The maximum absolute atomic E-state index is 12.5. The average molecular weight is 480 g/mol. The molecule has 2 aliphatic rings. The molecule has 0 bridgehead atoms. The Kier molecular flexibility index (Phi) is 5.42. The van der Waals surface area contributed by atoms with Crippen LogP contribution in [0, 0.1) is 11.3 Å². The van der Waals surface area contributed by atoms with E-state index in [1.54, 1.807) is 0 Å². The summed E-state index contributed by atoms with van der Waals surface area (Å²) in [5.74, 6) is 4.66. The fourth-order valence-corrected chi connectivity index (χ4v) is 5.27. The molecule has 180 valence electrons. The second kappa shape index (κ2) is 8.77. The van der Waals surface area contributed by atoms with Crippen LogP contribution < -0.4 is 16.0 Å². The number of amides is 1. The highest BCUT2D eigenvalue weighted by molar-refractivity contribution is 5.96. The minimum absolute atomic E-state index is 0.109. The van der Waals surface area contributed by atoms with Crippen molar-refractivity contribution in [3.63, 3.8) is 0 Å². The molecule has 7 heteroatoms. The van der Waals surface area contributed by atoms with Gasteiger partial charge in [0.25, 0.3) is 0 Å². The van der Waals surface area contributed by atoms with Crippen LogP contribution in [0.1, 0.15) is 30.0 Å². The number of fused-ring (bicyclic) bond motifs is 1. The van der Waals surface area contributed by atoms with E-state index in [1.165, 1.54) is 0 Å². The first-order valence-corrected chi connectivity index (χ1v) is 12.0. The molecule has 3 atom stereocenters. The highest BCUT2D eigenvalue weighted by atomic mass is 16.7. The number of benzene rings is 3. The lowest BCUT2D eigenvalue weighted by Gasteiger charge is -2.13. The van der Waals surface area contributed by atoms with Gasteiger partial charge in [0, 0.05) is 16.5 Å². The van der Waals surface area contributed by atoms with Gasteiger partial charge in [-0.05, 0) is 42.7 Å². The smallest absolute Gasteiger partial charge is 0.328 e. The van der Waals surface area contributed by atoms with Gasteiger partial charge in [-0.1, -0.05) is 60.7 Å². The summed E-state index contributed by atoms with van der Waals surface area (Å²) in [7, 11) is 0. The predicted molar refractivity (Wildman–Crippen MR) is 134 cm³/mol. The predicted octanol–water partition coefficient (Wildman–Crippen LogP) is 4.47. The van der Waals surface area contributed by atoms with Crippen molar-refractivity contribution in [1.29, 1.82) is 0 Å². The van der Waals surface area contributed by atoms with Crippen molar-refractivity contribution in [1.82, 2.24) is 10.3 Å². The van der Waals surface area contributed by atoms with Crippen LogP contribution >= 0.6 is 0 Å². The summed E-state index contributed by atoms with van der Waals surface area (Å²) in [5, 5.41) is 4.07. The van der Waals surface area contributed by atoms with Gasteiger partial charge in [0.2, 0.25) is 5.91 Å². The summed E-state index contributed by atoms with van der Waals surface area (Å²) in [6.45, 7) is 0.397. The summed E-state index contributed by atoms with van der Waals surface area (Å²) in [6.07, 6.45) is 1.04. The van der Waals surface area contributed by atoms with Crippen LogP contribution in [0.3, 0.4) is 0 Å². The third-order valence-electron chi connectivity index (χ3n) is 7.35. The molecule has 6 rings (SSSR count). The molecule has 1 spiro atoms. The molecule has 1 aliphatic carbocycles. The van der Waals surface area contributed by atoms with E-state index in [9.17, 15) is 9.59 Å². The van der Waals surface area contributed by atoms with Crippen LogP contribution in [0.4, 0.5) is 0 Å². The van der Waals surface area contributed by atoms with Crippen LogP contribution in [0.2, 0.25) is 0 Å². The number of nitrogens with zero attached hydrogens (tertiary/aromatic N) is 1. The maximum atomic E-state index is 12.5. The van der Waals surface area contributed by atoms with Crippen LogP contribution in [0.25, 0.3) is 22.2 Å². The van der Waals surface area contributed by atoms with Gasteiger partial charge < -0.3 is 14.9 Å². The zero-order valence-electron chi connectivity index (χ0n) is 19.5. The normalized spacial score (nSPS) is 22.4. The van der Waals surface area contributed by atoms with Gasteiger partial charge >= 0.3 is 5.97 Å². The highest BCUT2D eigenvalue weighted by Gasteiger charge is 2.67. The minimum atomic E-state index is -0.685. The Labute approximate surface area is 208 Å². The molecule has 1 saturated carbocycles. The molecule has 7 nitrogen and oxygen atoms in total. The van der Waals surface area contributed by atoms with Crippen molar-refractivity contribution in [3.05, 3.63) is 96.1 Å². The molecule has 1 aromatic heterocycles. The Bertz CT molecular complexity index is 1450. The lowest BCUT2D eigenvalue weighted by molar-refractivity contribution is -0.147. The molecule has 1 saturated heterocycles. The van der Waals surface area contributed by atoms with Gasteiger partial charge in [-0.2, -0.15) is 5.90 Å². The number of para-hydroxylation sites is 1. The quantitative estimate of drug-likeness (QED) is 0.396. The third kappa shape index (κ3) is 3.87. The van der Waals surface area contributed by atoms with Crippen molar-refractivity contribution < 1.29 is 19.2 Å². The number of carbonyl (C=O) groups excluding carboxylic acids is 2. The molecule has 3 aromatic carbocycles. The Hall–Kier alpha value is -4.23. The van der Waals surface area contributed by atoms with Crippen LogP contribution in [-0.2, 0) is 21.0 Å². The van der Waals surface area contributed by atoms with Gasteiger partial charge in [0.1, 0.15) is 12.4 Å². The number of ether oxygens (including phenoxy) is 1. The van der Waals surface area contributed by atoms with Crippen molar-refractivity contribution in [2.45, 2.75) is 25.5 Å². The number of hydrogen-bond donors (Lipinski definition) is 2. The Morgan fingerprint density at radius 3 is 2.53 bits per heavy atom. The van der Waals surface area contributed by atoms with Crippen LogP contribution in [-0.4, -0.2) is 16.9 Å². The Morgan fingerprint density at radius 1 is 1.00 bits per heavy atom. The fraction of sp³-hybridized carbons (Fsp3) is 0.207. The molecule has 4 aromatic rings. The number of hydrogen-bond acceptors (Lipinski definition) is 6. The van der Waals surface area contributed by atoms with Crippen LogP contribution in [0.15, 0.2) is 84.9 Å². The van der Waals surface area contributed by atoms with E-state index >= 15 is 0 Å². The number of pyridine rings is 1. The molecule has 2 fully saturated rings. The number of aromatic nitrogens is 1. The topological polar surface area (TPSA) is 104 Å². The van der Waals surface area contributed by atoms with Gasteiger partial charge in [-0.3, -0.25) is 9.59 Å². The van der Waals surface area contributed by atoms with Crippen molar-refractivity contribution in [3.8, 4) is 17.0 Å². The SMILES string of the molecule is NOC(=O)C1CC12CC(c1ccc(OCc3cc(-c4ccccc4)nc4ccccc34)cc1)NC2=O. The zero-order valence-corrected chi connectivity index (χ0v) is 19.5. The molecule has 3 unspecified atom stereocenters. The number of nitrogens with two attached hydrogens (primary N) is 1. The molecule has 36 heavy (non-hydrogen) atoms. The Morgan fingerprint density at radius 2 is 1.75 bits per heavy atom. The summed E-state index contributed by atoms with van der Waals surface area (Å²) in [5.41, 5.74) is 4.24. The number of nitrogens with one attached hydrogen (secondary N) is 1. The summed E-state index contributed by atoms with van der Waals surface area (Å²) in [4.78, 5) is 33.5. The first-order chi connectivity index (χ1) is 17.6. The van der Waals surface area contributed by atoms with E-state index in [-0.39, 0.29) is 11.9 Å². The Balaban J connectivity index is 1.18. The molecule has 3 N–H and O–H groups in total. The monoisotopic (exact) mass is 479 g/mol. The lowest BCUT2D eigenvalue weighted by Crippen LogP contribution is -2.25. The van der Waals surface area contributed by atoms with E-state index in [0.717, 1.165) is 39.0 Å². The molecular formula is C29H25N3O4. The highest BCUT2D eigenvalue weighted by Crippen LogP contribution is 2.61. The molecule has 0 radical (unpaired) electrons. The van der Waals surface area contributed by atoms with Crippen molar-refractivity contribution in [2.24, 2.45) is 17.2 Å². The van der Waals surface area contributed by atoms with Gasteiger partial charge in [-0.25, -0.2) is 4.98 Å². The number of carbonyl (C=O) groups is 2. The zero-order chi connectivity index (χ0) is 24.7. The minimum Gasteiger partial charge on any atom is -0.489 e. The van der Waals surface area contributed by atoms with E-state index in [0.29, 0.717) is 19.4 Å². The second-order valence-electron chi connectivity index (χ2n) is 9.49. The van der Waals surface area contributed by atoms with E-state index < -0.39 is 17.3 Å². The van der Waals surface area contributed by atoms with E-state index in [1.807, 2.05) is 60.7 Å². The van der Waals surface area contributed by atoms with Gasteiger partial charge in [0.05, 0.1) is 28.6 Å². The van der Waals surface area contributed by atoms with Gasteiger partial charge in [0.15, 0.2) is 0 Å². The van der Waals surface area contributed by atoms with Crippen molar-refractivity contribution in [2.75, 3.05) is 0 Å². The fourth-order valence-electron chi connectivity index (χ4n) is 5.27. The number of rotatable bonds is 6. The largest absolute Gasteiger partial charge is 0.489 e. The standard InChI is InChI=1S/C29H25N3O4/c30-36-27(33)23-15-29(23)16-26(32-28(29)34)19-10-12-21(13-11-19)35-17-20-14-25(18-6-2-1-3-7-18)31-24-9-5-4-8-22(20)24/h1-14,23,26H,15-17,30H2,(H,32,34). The summed E-state index contributed by atoms with van der Waals surface area (Å²) >= 11 is 0. The van der Waals surface area contributed by atoms with Crippen molar-refractivity contribution >= 4 is 22.8 Å². The molecular weight excluding hydrogens is 454 g/mol. The summed E-state index contributed by atoms with van der Waals surface area (Å²) in [6, 6.07) is 27.8. The molecule has 1 amide bonds. The van der Waals surface area contributed by atoms with E-state index in [2.05, 4.69) is 34.4 Å². The molecule has 2 heterocycles. The van der Waals surface area contributed by atoms with Gasteiger partial charge in [-0.15, -0.1) is 0 Å². The molecule has 1 aliphatic heterocycles.